The van der Waals surface area contributed by atoms with Gasteiger partial charge in [0.25, 0.3) is 0 Å². The van der Waals surface area contributed by atoms with Crippen LogP contribution in [0.1, 0.15) is 26.2 Å². The first-order valence-corrected chi connectivity index (χ1v) is 8.49. The van der Waals surface area contributed by atoms with Crippen LogP contribution < -0.4 is 25.4 Å². The molecule has 25 heavy (non-hydrogen) atoms. The molecular formula is C17H25IN4O3. The predicted octanol–water partition coefficient (Wildman–Crippen LogP) is 2.12. The molecule has 2 aliphatic rings. The van der Waals surface area contributed by atoms with Crippen molar-refractivity contribution in [3.05, 3.63) is 18.2 Å². The van der Waals surface area contributed by atoms with E-state index in [1.165, 1.54) is 0 Å². The first kappa shape index (κ1) is 19.6. The molecule has 0 unspecified atom stereocenters. The Kier molecular flexibility index (Phi) is 7.60. The Morgan fingerprint density at radius 2 is 2.00 bits per heavy atom. The third-order valence-corrected chi connectivity index (χ3v) is 3.68. The normalized spacial score (nSPS) is 16.3. The number of carbonyl (C=O) groups is 1. The lowest BCUT2D eigenvalue weighted by Crippen LogP contribution is -2.33. The molecule has 1 aliphatic carbocycles. The first-order chi connectivity index (χ1) is 11.7. The molecule has 1 aromatic carbocycles. The fourth-order valence-corrected chi connectivity index (χ4v) is 2.34. The van der Waals surface area contributed by atoms with Crippen LogP contribution in [0.5, 0.6) is 11.5 Å². The highest BCUT2D eigenvalue weighted by Crippen LogP contribution is 2.32. The number of aliphatic imine (C=N–C) groups is 1. The Morgan fingerprint density at radius 3 is 2.72 bits per heavy atom. The highest BCUT2D eigenvalue weighted by atomic mass is 127. The third kappa shape index (κ3) is 6.26. The van der Waals surface area contributed by atoms with Gasteiger partial charge in [-0.05, 0) is 31.9 Å². The van der Waals surface area contributed by atoms with Crippen molar-refractivity contribution in [3.63, 3.8) is 0 Å². The largest absolute Gasteiger partial charge is 0.490 e. The highest BCUT2D eigenvalue weighted by Gasteiger charge is 2.22. The van der Waals surface area contributed by atoms with Crippen LogP contribution in [0, 0.1) is 0 Å². The average molecular weight is 460 g/mol. The molecule has 0 saturated heterocycles. The molecule has 8 heteroatoms. The number of anilines is 1. The lowest BCUT2D eigenvalue weighted by atomic mass is 10.3. The number of guanidine groups is 1. The van der Waals surface area contributed by atoms with E-state index in [2.05, 4.69) is 20.9 Å². The molecule has 1 amide bonds. The van der Waals surface area contributed by atoms with Gasteiger partial charge in [0.05, 0.1) is 13.2 Å². The van der Waals surface area contributed by atoms with Crippen LogP contribution in [0.4, 0.5) is 5.69 Å². The summed E-state index contributed by atoms with van der Waals surface area (Å²) in [6.07, 6.45) is 3.02. The molecule has 3 N–H and O–H groups in total. The number of hydrogen-bond donors (Lipinski definition) is 3. The molecule has 0 spiro atoms. The van der Waals surface area contributed by atoms with E-state index >= 15 is 0 Å². The first-order valence-electron chi connectivity index (χ1n) is 8.49. The summed E-state index contributed by atoms with van der Waals surface area (Å²) in [6.45, 7) is 4.11. The van der Waals surface area contributed by atoms with Crippen LogP contribution in [-0.4, -0.2) is 44.2 Å². The minimum atomic E-state index is -0.0478. The smallest absolute Gasteiger partial charge is 0.242 e. The van der Waals surface area contributed by atoms with E-state index in [4.69, 9.17) is 9.47 Å². The van der Waals surface area contributed by atoms with Gasteiger partial charge in [-0.15, -0.1) is 24.0 Å². The standard InChI is InChI=1S/C17H24N4O3.HI/c1-2-18-17(19-11-16(22)20-12-4-5-12)21-13-6-7-14-15(10-13)24-9-3-8-23-14;/h6-7,10,12H,2-5,8-9,11H2,1H3,(H,20,22)(H2,18,19,21);1H. The molecule has 1 aliphatic heterocycles. The Bertz CT molecular complexity index is 620. The maximum absolute atomic E-state index is 11.8. The molecule has 138 valence electrons. The predicted molar refractivity (Wildman–Crippen MR) is 108 cm³/mol. The molecule has 7 nitrogen and oxygen atoms in total. The van der Waals surface area contributed by atoms with Crippen LogP contribution in [0.3, 0.4) is 0 Å². The van der Waals surface area contributed by atoms with Gasteiger partial charge in [-0.1, -0.05) is 0 Å². The summed E-state index contributed by atoms with van der Waals surface area (Å²) in [7, 11) is 0. The van der Waals surface area contributed by atoms with Crippen molar-refractivity contribution in [2.45, 2.75) is 32.2 Å². The summed E-state index contributed by atoms with van der Waals surface area (Å²) in [5.41, 5.74) is 0.835. The molecule has 0 bridgehead atoms. The molecule has 1 saturated carbocycles. The Morgan fingerprint density at radius 1 is 1.24 bits per heavy atom. The Labute approximate surface area is 165 Å². The van der Waals surface area contributed by atoms with Gasteiger partial charge < -0.3 is 25.4 Å². The summed E-state index contributed by atoms with van der Waals surface area (Å²) in [5, 5.41) is 9.26. The van der Waals surface area contributed by atoms with Crippen molar-refractivity contribution < 1.29 is 14.3 Å². The quantitative estimate of drug-likeness (QED) is 0.356. The van der Waals surface area contributed by atoms with E-state index in [-0.39, 0.29) is 36.4 Å². The monoisotopic (exact) mass is 460 g/mol. The van der Waals surface area contributed by atoms with Crippen LogP contribution >= 0.6 is 24.0 Å². The SMILES string of the molecule is CCNC(=NCC(=O)NC1CC1)Nc1ccc2c(c1)OCCCO2.I. The van der Waals surface area contributed by atoms with Crippen LogP contribution in [0.25, 0.3) is 0 Å². The Balaban J connectivity index is 0.00000225. The van der Waals surface area contributed by atoms with E-state index in [0.717, 1.165) is 36.4 Å². The maximum Gasteiger partial charge on any atom is 0.242 e. The lowest BCUT2D eigenvalue weighted by molar-refractivity contribution is -0.119. The highest BCUT2D eigenvalue weighted by molar-refractivity contribution is 14.0. The van der Waals surface area contributed by atoms with Crippen molar-refractivity contribution >= 4 is 41.5 Å². The topological polar surface area (TPSA) is 84.0 Å². The molecule has 0 aromatic heterocycles. The second-order valence-corrected chi connectivity index (χ2v) is 5.87. The van der Waals surface area contributed by atoms with E-state index in [0.29, 0.717) is 31.8 Å². The zero-order chi connectivity index (χ0) is 16.8. The van der Waals surface area contributed by atoms with Gasteiger partial charge in [0.2, 0.25) is 5.91 Å². The number of fused-ring (bicyclic) bond motifs is 1. The second-order valence-electron chi connectivity index (χ2n) is 5.87. The molecule has 1 heterocycles. The van der Waals surface area contributed by atoms with Crippen molar-refractivity contribution in [1.82, 2.24) is 10.6 Å². The minimum absolute atomic E-state index is 0. The van der Waals surface area contributed by atoms with Gasteiger partial charge in [0, 0.05) is 30.8 Å². The van der Waals surface area contributed by atoms with Gasteiger partial charge in [0.15, 0.2) is 17.5 Å². The van der Waals surface area contributed by atoms with Crippen molar-refractivity contribution in [3.8, 4) is 11.5 Å². The van der Waals surface area contributed by atoms with Gasteiger partial charge in [0.1, 0.15) is 6.54 Å². The molecule has 0 atom stereocenters. The maximum atomic E-state index is 11.8. The number of hydrogen-bond acceptors (Lipinski definition) is 4. The fraction of sp³-hybridized carbons (Fsp3) is 0.529. The molecular weight excluding hydrogens is 435 g/mol. The van der Waals surface area contributed by atoms with Crippen LogP contribution in [0.2, 0.25) is 0 Å². The molecule has 0 radical (unpaired) electrons. The average Bonchev–Trinajstić information content (AvgIpc) is 3.39. The number of rotatable bonds is 5. The van der Waals surface area contributed by atoms with Gasteiger partial charge in [-0.25, -0.2) is 4.99 Å². The summed E-state index contributed by atoms with van der Waals surface area (Å²) in [4.78, 5) is 16.1. The van der Waals surface area contributed by atoms with E-state index < -0.39 is 0 Å². The van der Waals surface area contributed by atoms with E-state index in [1.54, 1.807) is 0 Å². The number of nitrogens with zero attached hydrogens (tertiary/aromatic N) is 1. The van der Waals surface area contributed by atoms with Crippen LogP contribution in [-0.2, 0) is 4.79 Å². The van der Waals surface area contributed by atoms with Gasteiger partial charge in [-0.3, -0.25) is 4.79 Å². The zero-order valence-corrected chi connectivity index (χ0v) is 16.7. The number of amides is 1. The van der Waals surface area contributed by atoms with Crippen molar-refractivity contribution in [2.75, 3.05) is 31.6 Å². The number of benzene rings is 1. The molecule has 1 fully saturated rings. The Hall–Kier alpha value is -1.71. The van der Waals surface area contributed by atoms with E-state index in [9.17, 15) is 4.79 Å². The van der Waals surface area contributed by atoms with E-state index in [1.807, 2.05) is 25.1 Å². The number of nitrogens with one attached hydrogen (secondary N) is 3. The number of carbonyl (C=O) groups excluding carboxylic acids is 1. The zero-order valence-electron chi connectivity index (χ0n) is 14.3. The summed E-state index contributed by atoms with van der Waals surface area (Å²) in [5.74, 6) is 2.00. The van der Waals surface area contributed by atoms with Gasteiger partial charge in [-0.2, -0.15) is 0 Å². The van der Waals surface area contributed by atoms with Crippen LogP contribution in [0.15, 0.2) is 23.2 Å². The fourth-order valence-electron chi connectivity index (χ4n) is 2.34. The minimum Gasteiger partial charge on any atom is -0.490 e. The van der Waals surface area contributed by atoms with Crippen molar-refractivity contribution in [2.24, 2.45) is 4.99 Å². The summed E-state index contributed by atoms with van der Waals surface area (Å²) in [6, 6.07) is 6.03. The summed E-state index contributed by atoms with van der Waals surface area (Å²) < 4.78 is 11.3. The third-order valence-electron chi connectivity index (χ3n) is 3.68. The number of ether oxygens (including phenoxy) is 2. The second kappa shape index (κ2) is 9.69. The summed E-state index contributed by atoms with van der Waals surface area (Å²) >= 11 is 0. The lowest BCUT2D eigenvalue weighted by Gasteiger charge is -2.13. The van der Waals surface area contributed by atoms with Gasteiger partial charge >= 0.3 is 0 Å². The molecule has 1 aromatic rings. The number of halogens is 1. The van der Waals surface area contributed by atoms with Crippen molar-refractivity contribution in [1.29, 1.82) is 0 Å². The molecule has 3 rings (SSSR count).